The van der Waals surface area contributed by atoms with Gasteiger partial charge < -0.3 is 15.4 Å². The van der Waals surface area contributed by atoms with Crippen molar-refractivity contribution in [2.24, 2.45) is 0 Å². The molecule has 0 atom stereocenters. The van der Waals surface area contributed by atoms with Gasteiger partial charge in [0.15, 0.2) is 11.5 Å². The highest BCUT2D eigenvalue weighted by Crippen LogP contribution is 2.31. The van der Waals surface area contributed by atoms with E-state index in [1.807, 2.05) is 4.90 Å². The van der Waals surface area contributed by atoms with Crippen LogP contribution in [0.1, 0.15) is 26.3 Å². The number of nitrogens with zero attached hydrogens (tertiary/aromatic N) is 3. The molecular weight excluding hydrogens is 350 g/mol. The molecule has 1 aliphatic rings. The number of rotatable bonds is 3. The minimum absolute atomic E-state index is 0.0348. The van der Waals surface area contributed by atoms with Crippen molar-refractivity contribution in [1.82, 2.24) is 9.80 Å². The van der Waals surface area contributed by atoms with Crippen molar-refractivity contribution in [3.8, 4) is 0 Å². The van der Waals surface area contributed by atoms with E-state index in [0.29, 0.717) is 26.2 Å². The molecule has 0 aromatic heterocycles. The number of ether oxygens (including phenoxy) is 1. The monoisotopic (exact) mass is 372 g/mol. The molecule has 26 heavy (non-hydrogen) atoms. The Bertz CT molecular complexity index is 713. The molecule has 1 saturated heterocycles. The minimum atomic E-state index is -1.17. The Morgan fingerprint density at radius 2 is 1.88 bits per heavy atom. The van der Waals surface area contributed by atoms with E-state index in [0.717, 1.165) is 6.07 Å². The predicted molar refractivity (Wildman–Crippen MR) is 90.5 cm³/mol. The fraction of sp³-hybridized carbons (Fsp3) is 0.562. The first-order valence-corrected chi connectivity index (χ1v) is 8.10. The number of hydrogen-bond acceptors (Lipinski definition) is 6. The molecular formula is C16H22F2N4O4. The lowest BCUT2D eigenvalue weighted by atomic mass is 10.1. The highest BCUT2D eigenvalue weighted by Gasteiger charge is 2.28. The maximum Gasteiger partial charge on any atom is 0.410 e. The Kier molecular flexibility index (Phi) is 5.65. The zero-order valence-corrected chi connectivity index (χ0v) is 14.9. The van der Waals surface area contributed by atoms with Crippen molar-refractivity contribution in [3.63, 3.8) is 0 Å². The molecule has 1 heterocycles. The van der Waals surface area contributed by atoms with Crippen LogP contribution in [0, 0.1) is 21.7 Å². The number of carbonyl (C=O) groups is 1. The number of carbonyl (C=O) groups excluding carboxylic acids is 1. The fourth-order valence-electron chi connectivity index (χ4n) is 2.65. The number of nitro groups is 1. The molecule has 0 unspecified atom stereocenters. The van der Waals surface area contributed by atoms with Crippen molar-refractivity contribution >= 4 is 17.5 Å². The van der Waals surface area contributed by atoms with E-state index in [4.69, 9.17) is 10.5 Å². The normalized spacial score (nSPS) is 15.8. The first-order valence-electron chi connectivity index (χ1n) is 8.10. The van der Waals surface area contributed by atoms with Crippen LogP contribution in [0.4, 0.5) is 25.0 Å². The number of nitrogens with two attached hydrogens (primary N) is 1. The average molecular weight is 372 g/mol. The van der Waals surface area contributed by atoms with Crippen molar-refractivity contribution in [2.75, 3.05) is 31.9 Å². The molecule has 1 aromatic rings. The van der Waals surface area contributed by atoms with E-state index >= 15 is 0 Å². The van der Waals surface area contributed by atoms with Crippen molar-refractivity contribution in [3.05, 3.63) is 33.4 Å². The SMILES string of the molecule is CC(C)(C)OC(=O)N1CCN(Cc2cc(F)c([N+](=O)[O-])c(N)c2F)CC1. The van der Waals surface area contributed by atoms with Crippen LogP contribution in [0.5, 0.6) is 0 Å². The van der Waals surface area contributed by atoms with Crippen molar-refractivity contribution in [1.29, 1.82) is 0 Å². The molecule has 144 valence electrons. The molecule has 0 saturated carbocycles. The van der Waals surface area contributed by atoms with Gasteiger partial charge in [-0.25, -0.2) is 9.18 Å². The van der Waals surface area contributed by atoms with Gasteiger partial charge in [-0.3, -0.25) is 15.0 Å². The number of halogens is 2. The third-order valence-electron chi connectivity index (χ3n) is 3.90. The molecule has 0 aliphatic carbocycles. The van der Waals surface area contributed by atoms with E-state index in [1.165, 1.54) is 0 Å². The van der Waals surface area contributed by atoms with Crippen molar-refractivity contribution in [2.45, 2.75) is 32.9 Å². The van der Waals surface area contributed by atoms with Gasteiger partial charge in [-0.05, 0) is 26.8 Å². The van der Waals surface area contributed by atoms with E-state index in [-0.39, 0.29) is 12.1 Å². The summed E-state index contributed by atoms with van der Waals surface area (Å²) in [6.45, 7) is 6.97. The number of piperazine rings is 1. The van der Waals surface area contributed by atoms with Crippen LogP contribution >= 0.6 is 0 Å². The van der Waals surface area contributed by atoms with Crippen molar-refractivity contribution < 1.29 is 23.2 Å². The maximum absolute atomic E-state index is 14.2. The number of anilines is 1. The van der Waals surface area contributed by atoms with Crippen LogP contribution < -0.4 is 5.73 Å². The summed E-state index contributed by atoms with van der Waals surface area (Å²) < 4.78 is 33.4. The van der Waals surface area contributed by atoms with Crippen LogP contribution in [0.25, 0.3) is 0 Å². The van der Waals surface area contributed by atoms with Crippen LogP contribution in [0.2, 0.25) is 0 Å². The lowest BCUT2D eigenvalue weighted by Gasteiger charge is -2.35. The fourth-order valence-corrected chi connectivity index (χ4v) is 2.65. The first-order chi connectivity index (χ1) is 12.0. The number of nitro benzene ring substituents is 1. The molecule has 0 spiro atoms. The molecule has 2 rings (SSSR count). The number of amides is 1. The average Bonchev–Trinajstić information content (AvgIpc) is 2.51. The lowest BCUT2D eigenvalue weighted by Crippen LogP contribution is -2.49. The van der Waals surface area contributed by atoms with Gasteiger partial charge in [0.2, 0.25) is 5.82 Å². The summed E-state index contributed by atoms with van der Waals surface area (Å²) in [6, 6.07) is 0.796. The summed E-state index contributed by atoms with van der Waals surface area (Å²) in [7, 11) is 0. The first kappa shape index (κ1) is 19.8. The molecule has 1 aliphatic heterocycles. The van der Waals surface area contributed by atoms with E-state index in [2.05, 4.69) is 0 Å². The Hall–Kier alpha value is -2.49. The molecule has 1 amide bonds. The molecule has 8 nitrogen and oxygen atoms in total. The molecule has 2 N–H and O–H groups in total. The second-order valence-corrected chi connectivity index (χ2v) is 7.09. The van der Waals surface area contributed by atoms with E-state index in [9.17, 15) is 23.7 Å². The van der Waals surface area contributed by atoms with E-state index < -0.39 is 39.6 Å². The molecule has 0 bridgehead atoms. The van der Waals surface area contributed by atoms with Gasteiger partial charge in [0, 0.05) is 38.3 Å². The predicted octanol–water partition coefficient (Wildman–Crippen LogP) is 2.51. The van der Waals surface area contributed by atoms with Gasteiger partial charge in [0.25, 0.3) is 0 Å². The molecule has 10 heteroatoms. The smallest absolute Gasteiger partial charge is 0.410 e. The van der Waals surface area contributed by atoms with Crippen LogP contribution in [0.3, 0.4) is 0 Å². The van der Waals surface area contributed by atoms with Crippen LogP contribution in [0.15, 0.2) is 6.07 Å². The van der Waals surface area contributed by atoms with Gasteiger partial charge in [-0.15, -0.1) is 0 Å². The summed E-state index contributed by atoms with van der Waals surface area (Å²) >= 11 is 0. The largest absolute Gasteiger partial charge is 0.444 e. The van der Waals surface area contributed by atoms with Gasteiger partial charge in [-0.1, -0.05) is 0 Å². The van der Waals surface area contributed by atoms with Gasteiger partial charge in [-0.2, -0.15) is 4.39 Å². The second-order valence-electron chi connectivity index (χ2n) is 7.09. The zero-order chi connectivity index (χ0) is 19.6. The Morgan fingerprint density at radius 3 is 2.38 bits per heavy atom. The van der Waals surface area contributed by atoms with Crippen LogP contribution in [-0.2, 0) is 11.3 Å². The van der Waals surface area contributed by atoms with Crippen LogP contribution in [-0.4, -0.2) is 52.6 Å². The lowest BCUT2D eigenvalue weighted by molar-refractivity contribution is -0.386. The highest BCUT2D eigenvalue weighted by atomic mass is 19.1. The maximum atomic E-state index is 14.2. The van der Waals surface area contributed by atoms with E-state index in [1.54, 1.807) is 25.7 Å². The summed E-state index contributed by atoms with van der Waals surface area (Å²) in [5.41, 5.74) is 2.85. The number of benzene rings is 1. The Morgan fingerprint density at radius 1 is 1.31 bits per heavy atom. The Labute approximate surface area is 149 Å². The summed E-state index contributed by atoms with van der Waals surface area (Å²) in [6.07, 6.45) is -0.422. The summed E-state index contributed by atoms with van der Waals surface area (Å²) in [5, 5.41) is 10.8. The molecule has 0 radical (unpaired) electrons. The second kappa shape index (κ2) is 7.40. The summed E-state index contributed by atoms with van der Waals surface area (Å²) in [4.78, 5) is 25.1. The quantitative estimate of drug-likeness (QED) is 0.497. The minimum Gasteiger partial charge on any atom is -0.444 e. The topological polar surface area (TPSA) is 102 Å². The Balaban J connectivity index is 2.02. The van der Waals surface area contributed by atoms with Gasteiger partial charge >= 0.3 is 11.8 Å². The molecule has 1 aromatic carbocycles. The third-order valence-corrected chi connectivity index (χ3v) is 3.90. The molecule has 1 fully saturated rings. The summed E-state index contributed by atoms with van der Waals surface area (Å²) in [5.74, 6) is -2.16. The standard InChI is InChI=1S/C16H22F2N4O4/c1-16(2,3)26-15(23)21-6-4-20(5-7-21)9-10-8-11(17)14(22(24)25)13(19)12(10)18/h8H,4-7,9,19H2,1-3H3. The third kappa shape index (κ3) is 4.57. The highest BCUT2D eigenvalue weighted by molar-refractivity contribution is 5.68. The van der Waals surface area contributed by atoms with Gasteiger partial charge in [0.05, 0.1) is 4.92 Å². The number of nitrogen functional groups attached to an aromatic ring is 1. The number of hydrogen-bond donors (Lipinski definition) is 1. The zero-order valence-electron chi connectivity index (χ0n) is 14.9. The van der Waals surface area contributed by atoms with Gasteiger partial charge in [0.1, 0.15) is 5.60 Å².